The summed E-state index contributed by atoms with van der Waals surface area (Å²) < 4.78 is 39.5. The highest BCUT2D eigenvalue weighted by atomic mass is 32.2. The van der Waals surface area contributed by atoms with Gasteiger partial charge in [0.25, 0.3) is 10.0 Å². The maximum absolute atomic E-state index is 13.2. The lowest BCUT2D eigenvalue weighted by Gasteiger charge is -2.28. The second kappa shape index (κ2) is 7.30. The third-order valence-electron chi connectivity index (χ3n) is 5.69. The molecule has 0 saturated heterocycles. The normalized spacial score (nSPS) is 15.6. The number of hydrogen-bond acceptors (Lipinski definition) is 5. The molecule has 2 N–H and O–H groups in total. The van der Waals surface area contributed by atoms with Gasteiger partial charge in [0, 0.05) is 34.6 Å². The topological polar surface area (TPSA) is 97.5 Å². The van der Waals surface area contributed by atoms with Crippen LogP contribution < -0.4 is 14.2 Å². The van der Waals surface area contributed by atoms with E-state index in [-0.39, 0.29) is 16.1 Å². The summed E-state index contributed by atoms with van der Waals surface area (Å²) in [5.74, 6) is 1.00. The molecule has 1 aliphatic carbocycles. The number of sulfonamides is 1. The average Bonchev–Trinajstić information content (AvgIpc) is 3.03. The van der Waals surface area contributed by atoms with Gasteiger partial charge in [-0.25, -0.2) is 8.42 Å². The highest BCUT2D eigenvalue weighted by molar-refractivity contribution is 7.92. The summed E-state index contributed by atoms with van der Waals surface area (Å²) in [7, 11) is -0.910. The molecule has 1 heterocycles. The minimum atomic E-state index is -3.90. The van der Waals surface area contributed by atoms with Crippen LogP contribution in [-0.2, 0) is 16.4 Å². The highest BCUT2D eigenvalue weighted by Crippen LogP contribution is 2.39. The maximum Gasteiger partial charge on any atom is 0.262 e. The monoisotopic (exact) mass is 442 g/mol. The number of Topliss-reactive ketones (excluding diaryl/α,β-unsaturated/α-hetero) is 1. The molecule has 4 rings (SSSR count). The number of H-pyrrole nitrogens is 1. The van der Waals surface area contributed by atoms with Crippen LogP contribution in [0.1, 0.15) is 41.9 Å². The van der Waals surface area contributed by atoms with Crippen molar-refractivity contribution in [1.29, 1.82) is 0 Å². The quantitative estimate of drug-likeness (QED) is 0.608. The van der Waals surface area contributed by atoms with Gasteiger partial charge in [-0.2, -0.15) is 0 Å². The molecule has 7 nitrogen and oxygen atoms in total. The number of benzene rings is 2. The zero-order valence-corrected chi connectivity index (χ0v) is 19.1. The maximum atomic E-state index is 13.2. The van der Waals surface area contributed by atoms with E-state index >= 15 is 0 Å². The zero-order chi connectivity index (χ0) is 22.6. The van der Waals surface area contributed by atoms with Crippen LogP contribution >= 0.6 is 0 Å². The standard InChI is InChI=1S/C23H26N2O5S/c1-13-8-15-17(24-18-11-23(2,3)12-19(26)22(15)18)10-21(13)31(27,28)25-16-7-6-14(29-4)9-20(16)30-5/h6-10,24-25H,11-12H2,1-5H3. The number of carbonyl (C=O) groups is 1. The summed E-state index contributed by atoms with van der Waals surface area (Å²) in [6, 6.07) is 8.24. The Kier molecular flexibility index (Phi) is 5.00. The molecule has 0 bridgehead atoms. The molecule has 0 atom stereocenters. The predicted molar refractivity (Wildman–Crippen MR) is 120 cm³/mol. The van der Waals surface area contributed by atoms with E-state index in [1.807, 2.05) is 0 Å². The number of fused-ring (bicyclic) bond motifs is 3. The Morgan fingerprint density at radius 3 is 2.48 bits per heavy atom. The molecule has 0 spiro atoms. The van der Waals surface area contributed by atoms with Gasteiger partial charge in [0.1, 0.15) is 11.5 Å². The number of aromatic nitrogens is 1. The van der Waals surface area contributed by atoms with Gasteiger partial charge in [-0.05, 0) is 48.6 Å². The smallest absolute Gasteiger partial charge is 0.262 e. The first-order valence-corrected chi connectivity index (χ1v) is 11.5. The van der Waals surface area contributed by atoms with Crippen molar-refractivity contribution in [2.45, 2.75) is 38.5 Å². The van der Waals surface area contributed by atoms with Gasteiger partial charge in [-0.1, -0.05) is 13.8 Å². The Balaban J connectivity index is 1.78. The molecule has 0 aliphatic heterocycles. The van der Waals surface area contributed by atoms with Gasteiger partial charge in [0.05, 0.1) is 24.8 Å². The fourth-order valence-corrected chi connectivity index (χ4v) is 5.60. The first kappa shape index (κ1) is 21.2. The Labute approximate surface area is 181 Å². The summed E-state index contributed by atoms with van der Waals surface area (Å²) in [4.78, 5) is 16.2. The van der Waals surface area contributed by atoms with Crippen molar-refractivity contribution in [3.8, 4) is 11.5 Å². The lowest BCUT2D eigenvalue weighted by Crippen LogP contribution is -2.26. The van der Waals surface area contributed by atoms with Crippen molar-refractivity contribution in [3.63, 3.8) is 0 Å². The van der Waals surface area contributed by atoms with Gasteiger partial charge in [-0.3, -0.25) is 9.52 Å². The van der Waals surface area contributed by atoms with Gasteiger partial charge >= 0.3 is 0 Å². The minimum absolute atomic E-state index is 0.0913. The molecule has 164 valence electrons. The molecule has 0 radical (unpaired) electrons. The van der Waals surface area contributed by atoms with Crippen molar-refractivity contribution in [1.82, 2.24) is 4.98 Å². The Hall–Kier alpha value is -3.00. The van der Waals surface area contributed by atoms with Crippen molar-refractivity contribution in [2.24, 2.45) is 5.41 Å². The first-order chi connectivity index (χ1) is 14.5. The molecule has 8 heteroatoms. The fraction of sp³-hybridized carbons (Fsp3) is 0.348. The Bertz CT molecular complexity index is 1310. The third-order valence-corrected chi connectivity index (χ3v) is 7.20. The number of nitrogens with one attached hydrogen (secondary N) is 2. The lowest BCUT2D eigenvalue weighted by molar-refractivity contribution is 0.0913. The van der Waals surface area contributed by atoms with E-state index < -0.39 is 10.0 Å². The number of carbonyl (C=O) groups excluding carboxylic acids is 1. The molecule has 0 saturated carbocycles. The second-order valence-corrected chi connectivity index (χ2v) is 10.4. The van der Waals surface area contributed by atoms with Gasteiger partial charge in [0.2, 0.25) is 0 Å². The molecule has 2 aromatic carbocycles. The number of ketones is 1. The van der Waals surface area contributed by atoms with Gasteiger partial charge in [0.15, 0.2) is 5.78 Å². The predicted octanol–water partition coefficient (Wildman–Crippen LogP) is 4.45. The number of ether oxygens (including phenoxy) is 2. The van der Waals surface area contributed by atoms with E-state index in [0.29, 0.717) is 40.3 Å². The molecular formula is C23H26N2O5S. The van der Waals surface area contributed by atoms with Gasteiger partial charge in [-0.15, -0.1) is 0 Å². The number of aromatic amines is 1. The molecule has 1 aliphatic rings. The van der Waals surface area contributed by atoms with Crippen LogP contribution in [0.15, 0.2) is 35.2 Å². The molecule has 0 fully saturated rings. The molecule has 1 aromatic heterocycles. The number of rotatable bonds is 5. The molecular weight excluding hydrogens is 416 g/mol. The van der Waals surface area contributed by atoms with E-state index in [2.05, 4.69) is 23.6 Å². The number of aryl methyl sites for hydroxylation is 1. The van der Waals surface area contributed by atoms with Gasteiger partial charge < -0.3 is 14.5 Å². The summed E-state index contributed by atoms with van der Waals surface area (Å²) in [6.45, 7) is 5.86. The summed E-state index contributed by atoms with van der Waals surface area (Å²) in [6.07, 6.45) is 1.22. The van der Waals surface area contributed by atoms with Crippen molar-refractivity contribution in [2.75, 3.05) is 18.9 Å². The third kappa shape index (κ3) is 3.76. The average molecular weight is 443 g/mol. The van der Waals surface area contributed by atoms with Crippen LogP contribution in [0.2, 0.25) is 0 Å². The summed E-state index contributed by atoms with van der Waals surface area (Å²) in [5, 5.41) is 0.772. The van der Waals surface area contributed by atoms with Crippen molar-refractivity contribution < 1.29 is 22.7 Å². The lowest BCUT2D eigenvalue weighted by atomic mass is 9.76. The van der Waals surface area contributed by atoms with E-state index in [9.17, 15) is 13.2 Å². The minimum Gasteiger partial charge on any atom is -0.497 e. The molecule has 0 amide bonds. The first-order valence-electron chi connectivity index (χ1n) is 9.98. The van der Waals surface area contributed by atoms with Crippen molar-refractivity contribution in [3.05, 3.63) is 47.2 Å². The Morgan fingerprint density at radius 2 is 1.81 bits per heavy atom. The number of anilines is 1. The Morgan fingerprint density at radius 1 is 1.06 bits per heavy atom. The number of methoxy groups -OCH3 is 2. The highest BCUT2D eigenvalue weighted by Gasteiger charge is 2.34. The van der Waals surface area contributed by atoms with Crippen LogP contribution in [0.5, 0.6) is 11.5 Å². The molecule has 31 heavy (non-hydrogen) atoms. The second-order valence-electron chi connectivity index (χ2n) is 8.75. The van der Waals surface area contributed by atoms with Crippen LogP contribution in [0.4, 0.5) is 5.69 Å². The molecule has 3 aromatic rings. The van der Waals surface area contributed by atoms with Crippen LogP contribution in [0, 0.1) is 12.3 Å². The summed E-state index contributed by atoms with van der Waals surface area (Å²) in [5.41, 5.74) is 2.95. The molecule has 0 unspecified atom stereocenters. The van der Waals surface area contributed by atoms with E-state index in [1.54, 1.807) is 37.3 Å². The number of hydrogen-bond donors (Lipinski definition) is 2. The SMILES string of the molecule is COc1ccc(NS(=O)(=O)c2cc3[nH]c4c(c3cc2C)C(=O)CC(C)(C)C4)c(OC)c1. The largest absolute Gasteiger partial charge is 0.497 e. The van der Waals surface area contributed by atoms with E-state index in [4.69, 9.17) is 9.47 Å². The van der Waals surface area contributed by atoms with E-state index in [1.165, 1.54) is 14.2 Å². The van der Waals surface area contributed by atoms with Crippen LogP contribution in [0.3, 0.4) is 0 Å². The van der Waals surface area contributed by atoms with Crippen LogP contribution in [0.25, 0.3) is 10.9 Å². The fourth-order valence-electron chi connectivity index (χ4n) is 4.27. The summed E-state index contributed by atoms with van der Waals surface area (Å²) >= 11 is 0. The van der Waals surface area contributed by atoms with E-state index in [0.717, 1.165) is 17.5 Å². The zero-order valence-electron chi connectivity index (χ0n) is 18.3. The van der Waals surface area contributed by atoms with Crippen LogP contribution in [-0.4, -0.2) is 33.4 Å². The van der Waals surface area contributed by atoms with Crippen molar-refractivity contribution >= 4 is 32.4 Å².